The van der Waals surface area contributed by atoms with Crippen LogP contribution in [0.3, 0.4) is 0 Å². The predicted molar refractivity (Wildman–Crippen MR) is 102 cm³/mol. The van der Waals surface area contributed by atoms with E-state index in [0.29, 0.717) is 0 Å². The topological polar surface area (TPSA) is 99.8 Å². The van der Waals surface area contributed by atoms with Gasteiger partial charge in [-0.2, -0.15) is 5.84 Å². The Balaban J connectivity index is 0. The number of carbonyl (C=O) groups is 2. The molecule has 0 aromatic carbocycles. The zero-order valence-corrected chi connectivity index (χ0v) is 16.5. The molecule has 25 heavy (non-hydrogen) atoms. The first-order chi connectivity index (χ1) is 12.2. The fraction of sp³-hybridized carbons (Fsp3) is 0.900. The van der Waals surface area contributed by atoms with Gasteiger partial charge in [0.15, 0.2) is 0 Å². The lowest BCUT2D eigenvalue weighted by atomic mass is 10.0. The Labute approximate surface area is 155 Å². The van der Waals surface area contributed by atoms with Gasteiger partial charge in [0.05, 0.1) is 5.97 Å². The van der Waals surface area contributed by atoms with E-state index in [-0.39, 0.29) is 6.54 Å². The van der Waals surface area contributed by atoms with E-state index in [1.807, 2.05) is 0 Å². The number of aldehydes is 1. The second-order valence-electron chi connectivity index (χ2n) is 6.72. The molecule has 5 nitrogen and oxygen atoms in total. The van der Waals surface area contributed by atoms with Crippen molar-refractivity contribution in [2.75, 3.05) is 6.54 Å². The maximum absolute atomic E-state index is 10.1. The van der Waals surface area contributed by atoms with Crippen LogP contribution in [0.25, 0.3) is 0 Å². The molecule has 5 heteroatoms. The molecule has 0 radical (unpaired) electrons. The number of nitrogens with two attached hydrogens (primary N) is 2. The maximum atomic E-state index is 10.1. The summed E-state index contributed by atoms with van der Waals surface area (Å²) in [6.07, 6.45) is 22.6. The molecule has 0 rings (SSSR count). The summed E-state index contributed by atoms with van der Waals surface area (Å²) in [5, 5.41) is 9.38. The molecule has 0 bridgehead atoms. The number of hydrogen-bond donors (Lipinski definition) is 2. The second kappa shape index (κ2) is 25.3. The van der Waals surface area contributed by atoms with Gasteiger partial charge in [-0.15, -0.1) is 0 Å². The Morgan fingerprint density at radius 3 is 1.40 bits per heavy atom. The summed E-state index contributed by atoms with van der Waals surface area (Å²) in [6.45, 7) is 2.11. The standard InChI is InChI=1S/C18H36O.C2H6N2O2/c1-2-3-4-5-6-7-8-9-10-11-12-13-14-15-16-17-18-19;3-4-1-2(5)6/h18H,2-17H2,1H3;4H,1,3H2,(H,5,6). The Kier molecular flexibility index (Phi) is 26.6. The van der Waals surface area contributed by atoms with E-state index in [0.717, 1.165) is 24.6 Å². The fourth-order valence-electron chi connectivity index (χ4n) is 2.70. The highest BCUT2D eigenvalue weighted by Crippen LogP contribution is 2.13. The molecule has 0 aliphatic heterocycles. The number of rotatable bonds is 18. The van der Waals surface area contributed by atoms with Crippen LogP contribution in [0.15, 0.2) is 0 Å². The smallest absolute Gasteiger partial charge is 0.133 e. The third-order valence-corrected chi connectivity index (χ3v) is 4.21. The van der Waals surface area contributed by atoms with Gasteiger partial charge in [0, 0.05) is 6.42 Å². The Bertz CT molecular complexity index is 274. The highest BCUT2D eigenvalue weighted by Gasteiger charge is 1.94. The van der Waals surface area contributed by atoms with Gasteiger partial charge in [0.25, 0.3) is 0 Å². The van der Waals surface area contributed by atoms with E-state index < -0.39 is 5.97 Å². The van der Waals surface area contributed by atoms with Crippen LogP contribution in [0, 0.1) is 0 Å². The molecular formula is C20H42N2O3. The van der Waals surface area contributed by atoms with Gasteiger partial charge >= 0.3 is 0 Å². The van der Waals surface area contributed by atoms with Crippen LogP contribution in [0.2, 0.25) is 0 Å². The van der Waals surface area contributed by atoms with Gasteiger partial charge in [-0.25, -0.2) is 0 Å². The lowest BCUT2D eigenvalue weighted by Crippen LogP contribution is -2.93. The minimum absolute atomic E-state index is 0.167. The van der Waals surface area contributed by atoms with Crippen molar-refractivity contribution >= 4 is 12.3 Å². The van der Waals surface area contributed by atoms with E-state index >= 15 is 0 Å². The van der Waals surface area contributed by atoms with Gasteiger partial charge in [0.2, 0.25) is 0 Å². The molecule has 0 unspecified atom stereocenters. The summed E-state index contributed by atoms with van der Waals surface area (Å²) in [7, 11) is 0. The minimum atomic E-state index is -1.14. The predicted octanol–water partition coefficient (Wildman–Crippen LogP) is 2.62. The number of unbranched alkanes of at least 4 members (excludes halogenated alkanes) is 15. The van der Waals surface area contributed by atoms with Gasteiger partial charge < -0.3 is 14.7 Å². The number of quaternary nitrogens is 1. The van der Waals surface area contributed by atoms with E-state index in [4.69, 9.17) is 0 Å². The second-order valence-corrected chi connectivity index (χ2v) is 6.72. The Morgan fingerprint density at radius 1 is 0.800 bits per heavy atom. The third-order valence-electron chi connectivity index (χ3n) is 4.21. The van der Waals surface area contributed by atoms with Crippen molar-refractivity contribution in [2.24, 2.45) is 5.84 Å². The van der Waals surface area contributed by atoms with Crippen molar-refractivity contribution in [1.82, 2.24) is 0 Å². The molecule has 0 aliphatic carbocycles. The first-order valence-corrected chi connectivity index (χ1v) is 10.4. The van der Waals surface area contributed by atoms with Crippen LogP contribution < -0.4 is 16.4 Å². The van der Waals surface area contributed by atoms with Gasteiger partial charge in [-0.3, -0.25) is 5.43 Å². The van der Waals surface area contributed by atoms with Crippen LogP contribution >= 0.6 is 0 Å². The largest absolute Gasteiger partial charge is 0.544 e. The SMILES string of the molecule is CCCCCCCCCCCCCCCCCC=O.N[NH2+]CC(=O)[O-]. The molecule has 0 spiro atoms. The molecule has 0 saturated carbocycles. The van der Waals surface area contributed by atoms with Crippen molar-refractivity contribution < 1.29 is 20.1 Å². The van der Waals surface area contributed by atoms with Crippen LogP contribution in [-0.2, 0) is 9.59 Å². The number of carboxylic acids is 1. The van der Waals surface area contributed by atoms with Crippen LogP contribution in [0.1, 0.15) is 110 Å². The van der Waals surface area contributed by atoms with E-state index in [9.17, 15) is 14.7 Å². The Morgan fingerprint density at radius 2 is 1.16 bits per heavy atom. The highest BCUT2D eigenvalue weighted by molar-refractivity contribution is 5.64. The lowest BCUT2D eigenvalue weighted by molar-refractivity contribution is -0.662. The van der Waals surface area contributed by atoms with Crippen molar-refractivity contribution in [3.8, 4) is 0 Å². The average molecular weight is 359 g/mol. The van der Waals surface area contributed by atoms with Crippen molar-refractivity contribution in [3.05, 3.63) is 0 Å². The molecule has 0 aromatic heterocycles. The van der Waals surface area contributed by atoms with E-state index in [1.165, 1.54) is 89.9 Å². The van der Waals surface area contributed by atoms with Crippen LogP contribution in [-0.4, -0.2) is 18.8 Å². The molecule has 4 N–H and O–H groups in total. The maximum Gasteiger partial charge on any atom is 0.133 e. The molecule has 0 fully saturated rings. The Hall–Kier alpha value is -0.940. The zero-order chi connectivity index (χ0) is 19.0. The summed E-state index contributed by atoms with van der Waals surface area (Å²) in [4.78, 5) is 19.5. The number of carbonyl (C=O) groups excluding carboxylic acids is 2. The summed E-state index contributed by atoms with van der Waals surface area (Å²) in [5.41, 5.74) is 1.04. The number of carboxylic acid groups (broad SMARTS) is 1. The molecule has 0 heterocycles. The third kappa shape index (κ3) is 31.4. The number of aliphatic carboxylic acids is 1. The normalized spacial score (nSPS) is 10.2. The fourth-order valence-corrected chi connectivity index (χ4v) is 2.70. The summed E-state index contributed by atoms with van der Waals surface area (Å²) in [5.74, 6) is 3.54. The van der Waals surface area contributed by atoms with Crippen LogP contribution in [0.4, 0.5) is 0 Å². The summed E-state index contributed by atoms with van der Waals surface area (Å²) in [6, 6.07) is 0. The number of hydrogen-bond acceptors (Lipinski definition) is 4. The molecular weight excluding hydrogens is 316 g/mol. The first kappa shape index (κ1) is 26.3. The molecule has 0 saturated heterocycles. The molecule has 0 atom stereocenters. The van der Waals surface area contributed by atoms with Crippen molar-refractivity contribution in [1.29, 1.82) is 0 Å². The first-order valence-electron chi connectivity index (χ1n) is 10.4. The lowest BCUT2D eigenvalue weighted by Gasteiger charge is -2.02. The van der Waals surface area contributed by atoms with E-state index in [1.54, 1.807) is 0 Å². The molecule has 0 aliphatic rings. The van der Waals surface area contributed by atoms with Gasteiger partial charge in [0.1, 0.15) is 12.8 Å². The van der Waals surface area contributed by atoms with Crippen molar-refractivity contribution in [2.45, 2.75) is 110 Å². The average Bonchev–Trinajstić information content (AvgIpc) is 2.59. The molecule has 0 amide bonds. The van der Waals surface area contributed by atoms with Crippen molar-refractivity contribution in [3.63, 3.8) is 0 Å². The quantitative estimate of drug-likeness (QED) is 0.170. The minimum Gasteiger partial charge on any atom is -0.544 e. The summed E-state index contributed by atoms with van der Waals surface area (Å²) < 4.78 is 0. The van der Waals surface area contributed by atoms with E-state index in [2.05, 4.69) is 12.8 Å². The monoisotopic (exact) mass is 358 g/mol. The molecule has 150 valence electrons. The molecule has 0 aromatic rings. The van der Waals surface area contributed by atoms with Gasteiger partial charge in [-0.1, -0.05) is 96.8 Å². The van der Waals surface area contributed by atoms with Crippen LogP contribution in [0.5, 0.6) is 0 Å². The zero-order valence-electron chi connectivity index (χ0n) is 16.5. The highest BCUT2D eigenvalue weighted by atomic mass is 16.4. The van der Waals surface area contributed by atoms with Gasteiger partial charge in [-0.05, 0) is 6.42 Å². The summed E-state index contributed by atoms with van der Waals surface area (Å²) >= 11 is 0.